The average Bonchev–Trinajstić information content (AvgIpc) is 3.24. The third-order valence-electron chi connectivity index (χ3n) is 4.82. The fourth-order valence-corrected chi connectivity index (χ4v) is 3.26. The minimum absolute atomic E-state index is 0.209. The third kappa shape index (κ3) is 3.59. The molecule has 1 fully saturated rings. The summed E-state index contributed by atoms with van der Waals surface area (Å²) in [5, 5.41) is 46.9. The van der Waals surface area contributed by atoms with Crippen molar-refractivity contribution in [3.05, 3.63) is 48.4 Å². The van der Waals surface area contributed by atoms with E-state index in [4.69, 9.17) is 9.26 Å². The number of fused-ring (bicyclic) bond motifs is 1. The molecule has 2 aromatic carbocycles. The number of ether oxygens (including phenoxy) is 1. The van der Waals surface area contributed by atoms with Gasteiger partial charge < -0.3 is 35.0 Å². The third-order valence-corrected chi connectivity index (χ3v) is 4.82. The number of nitrogens with one attached hydrogen (secondary N) is 1. The first kappa shape index (κ1) is 19.4. The number of benzene rings is 2. The van der Waals surface area contributed by atoms with Crippen LogP contribution >= 0.6 is 0 Å². The molecule has 0 radical (unpaired) electrons. The molecular formula is C19H19N3O7. The molecule has 4 rings (SSSR count). The Labute approximate surface area is 164 Å². The first-order valence-corrected chi connectivity index (χ1v) is 8.93. The minimum Gasteiger partial charge on any atom is -0.394 e. The van der Waals surface area contributed by atoms with Crippen LogP contribution in [0.15, 0.2) is 47.0 Å². The van der Waals surface area contributed by atoms with Crippen LogP contribution in [0.2, 0.25) is 0 Å². The summed E-state index contributed by atoms with van der Waals surface area (Å²) in [5.74, 6) is -1.00. The molecule has 152 valence electrons. The monoisotopic (exact) mass is 401 g/mol. The van der Waals surface area contributed by atoms with Gasteiger partial charge in [-0.05, 0) is 10.8 Å². The van der Waals surface area contributed by atoms with E-state index >= 15 is 0 Å². The quantitative estimate of drug-likeness (QED) is 0.385. The van der Waals surface area contributed by atoms with Crippen molar-refractivity contribution >= 4 is 16.7 Å². The molecule has 2 heterocycles. The molecule has 1 aromatic heterocycles. The highest BCUT2D eigenvalue weighted by molar-refractivity contribution is 5.96. The van der Waals surface area contributed by atoms with Crippen molar-refractivity contribution in [1.82, 2.24) is 15.5 Å². The smallest absolute Gasteiger partial charge is 0.316 e. The van der Waals surface area contributed by atoms with Crippen LogP contribution in [0.3, 0.4) is 0 Å². The fraction of sp³-hybridized carbons (Fsp3) is 0.316. The molecule has 0 saturated carbocycles. The van der Waals surface area contributed by atoms with Crippen LogP contribution in [0.25, 0.3) is 22.2 Å². The van der Waals surface area contributed by atoms with Gasteiger partial charge in [-0.15, -0.1) is 0 Å². The van der Waals surface area contributed by atoms with Gasteiger partial charge in [-0.1, -0.05) is 47.6 Å². The lowest BCUT2D eigenvalue weighted by Crippen LogP contribution is -2.63. The molecule has 5 atom stereocenters. The summed E-state index contributed by atoms with van der Waals surface area (Å²) in [5.41, 5.74) is 0.679. The second-order valence-electron chi connectivity index (χ2n) is 6.67. The Bertz CT molecular complexity index is 1020. The Balaban J connectivity index is 1.54. The number of hydrogen-bond donors (Lipinski definition) is 5. The predicted molar refractivity (Wildman–Crippen MR) is 98.5 cm³/mol. The molecular weight excluding hydrogens is 382 g/mol. The standard InChI is InChI=1S/C19H19N3O7/c23-8-12-13(24)14(25)15(26)18(28-12)21-17(27)19-20-16(22-29-19)11-7-3-5-9-4-1-2-6-10(9)11/h1-7,12-15,18,23-26H,8H2,(H,21,27)/t12-,13-,14+,15-,18-/m1/s1. The normalized spacial score (nSPS) is 27.1. The number of hydrogen-bond acceptors (Lipinski definition) is 9. The number of carbonyl (C=O) groups is 1. The van der Waals surface area contributed by atoms with Gasteiger partial charge in [-0.3, -0.25) is 4.79 Å². The summed E-state index contributed by atoms with van der Waals surface area (Å²) in [6.07, 6.45) is -7.28. The van der Waals surface area contributed by atoms with Gasteiger partial charge in [0.2, 0.25) is 5.82 Å². The molecule has 0 unspecified atom stereocenters. The van der Waals surface area contributed by atoms with Crippen LogP contribution in [0.1, 0.15) is 10.7 Å². The summed E-state index contributed by atoms with van der Waals surface area (Å²) >= 11 is 0. The van der Waals surface area contributed by atoms with Gasteiger partial charge in [0.1, 0.15) is 24.4 Å². The Morgan fingerprint density at radius 2 is 1.79 bits per heavy atom. The number of aromatic nitrogens is 2. The molecule has 29 heavy (non-hydrogen) atoms. The molecule has 0 bridgehead atoms. The first-order valence-electron chi connectivity index (χ1n) is 8.93. The Kier molecular flexibility index (Phi) is 5.26. The van der Waals surface area contributed by atoms with Crippen molar-refractivity contribution in [2.24, 2.45) is 0 Å². The van der Waals surface area contributed by atoms with E-state index in [1.165, 1.54) is 0 Å². The molecule has 0 spiro atoms. The van der Waals surface area contributed by atoms with Gasteiger partial charge in [-0.25, -0.2) is 0 Å². The summed E-state index contributed by atoms with van der Waals surface area (Å²) < 4.78 is 10.3. The van der Waals surface area contributed by atoms with E-state index in [-0.39, 0.29) is 11.7 Å². The van der Waals surface area contributed by atoms with E-state index < -0.39 is 43.2 Å². The van der Waals surface area contributed by atoms with Crippen LogP contribution in [0.5, 0.6) is 0 Å². The van der Waals surface area contributed by atoms with E-state index in [9.17, 15) is 25.2 Å². The van der Waals surface area contributed by atoms with Crippen molar-refractivity contribution in [3.8, 4) is 11.4 Å². The van der Waals surface area contributed by atoms with Crippen LogP contribution in [-0.2, 0) is 4.74 Å². The SMILES string of the molecule is O=C(N[C@@H]1O[C@H](CO)[C@@H](O)[C@H](O)[C@H]1O)c1nc(-c2cccc3ccccc23)no1. The number of amides is 1. The molecule has 1 aliphatic rings. The van der Waals surface area contributed by atoms with E-state index in [1.54, 1.807) is 6.07 Å². The number of carbonyl (C=O) groups excluding carboxylic acids is 1. The largest absolute Gasteiger partial charge is 0.394 e. The van der Waals surface area contributed by atoms with Crippen molar-refractivity contribution in [3.63, 3.8) is 0 Å². The molecule has 5 N–H and O–H groups in total. The van der Waals surface area contributed by atoms with Crippen LogP contribution < -0.4 is 5.32 Å². The molecule has 1 aliphatic heterocycles. The highest BCUT2D eigenvalue weighted by atomic mass is 16.6. The van der Waals surface area contributed by atoms with E-state index in [0.29, 0.717) is 5.56 Å². The van der Waals surface area contributed by atoms with Gasteiger partial charge in [0, 0.05) is 5.56 Å². The highest BCUT2D eigenvalue weighted by Crippen LogP contribution is 2.26. The molecule has 10 heteroatoms. The van der Waals surface area contributed by atoms with Crippen molar-refractivity contribution in [2.45, 2.75) is 30.6 Å². The molecule has 10 nitrogen and oxygen atoms in total. The maximum absolute atomic E-state index is 12.4. The van der Waals surface area contributed by atoms with Gasteiger partial charge in [0.25, 0.3) is 0 Å². The summed E-state index contributed by atoms with van der Waals surface area (Å²) in [7, 11) is 0. The maximum Gasteiger partial charge on any atom is 0.316 e. The molecule has 1 saturated heterocycles. The van der Waals surface area contributed by atoms with Crippen molar-refractivity contribution in [2.75, 3.05) is 6.61 Å². The average molecular weight is 401 g/mol. The second-order valence-corrected chi connectivity index (χ2v) is 6.67. The number of aliphatic hydroxyl groups is 4. The zero-order chi connectivity index (χ0) is 20.5. The van der Waals surface area contributed by atoms with Crippen molar-refractivity contribution < 1.29 is 34.5 Å². The zero-order valence-electron chi connectivity index (χ0n) is 15.0. The van der Waals surface area contributed by atoms with Crippen LogP contribution in [0, 0.1) is 0 Å². The first-order chi connectivity index (χ1) is 14.0. The molecule has 3 aromatic rings. The highest BCUT2D eigenvalue weighted by Gasteiger charge is 2.44. The number of aliphatic hydroxyl groups excluding tert-OH is 4. The lowest BCUT2D eigenvalue weighted by Gasteiger charge is -2.39. The summed E-state index contributed by atoms with van der Waals surface area (Å²) in [4.78, 5) is 16.6. The summed E-state index contributed by atoms with van der Waals surface area (Å²) in [6, 6.07) is 13.2. The molecule has 1 amide bonds. The van der Waals surface area contributed by atoms with Gasteiger partial charge >= 0.3 is 11.8 Å². The van der Waals surface area contributed by atoms with E-state index in [1.807, 2.05) is 36.4 Å². The molecule has 0 aliphatic carbocycles. The van der Waals surface area contributed by atoms with Gasteiger partial charge in [-0.2, -0.15) is 4.98 Å². The second kappa shape index (κ2) is 7.85. The summed E-state index contributed by atoms with van der Waals surface area (Å²) in [6.45, 7) is -0.608. The Morgan fingerprint density at radius 1 is 1.03 bits per heavy atom. The van der Waals surface area contributed by atoms with Crippen LogP contribution in [0.4, 0.5) is 0 Å². The Hall–Kier alpha value is -2.89. The zero-order valence-corrected chi connectivity index (χ0v) is 15.0. The Morgan fingerprint density at radius 3 is 2.59 bits per heavy atom. The topological polar surface area (TPSA) is 158 Å². The van der Waals surface area contributed by atoms with E-state index in [2.05, 4.69) is 15.5 Å². The van der Waals surface area contributed by atoms with Gasteiger partial charge in [0.05, 0.1) is 6.61 Å². The predicted octanol–water partition coefficient (Wildman–Crippen LogP) is -0.580. The number of nitrogens with zero attached hydrogens (tertiary/aromatic N) is 2. The number of rotatable bonds is 4. The van der Waals surface area contributed by atoms with Crippen molar-refractivity contribution in [1.29, 1.82) is 0 Å². The van der Waals surface area contributed by atoms with Gasteiger partial charge in [0.15, 0.2) is 6.23 Å². The van der Waals surface area contributed by atoms with E-state index in [0.717, 1.165) is 10.8 Å². The minimum atomic E-state index is -1.61. The van der Waals surface area contributed by atoms with Crippen LogP contribution in [-0.4, -0.2) is 73.7 Å². The lowest BCUT2D eigenvalue weighted by atomic mass is 9.98. The fourth-order valence-electron chi connectivity index (χ4n) is 3.26. The maximum atomic E-state index is 12.4. The lowest BCUT2D eigenvalue weighted by molar-refractivity contribution is -0.233.